The minimum Gasteiger partial charge on any atom is -0.480 e. The van der Waals surface area contributed by atoms with Crippen molar-refractivity contribution in [3.8, 4) is 0 Å². The lowest BCUT2D eigenvalue weighted by Gasteiger charge is -2.23. The molecule has 2 aliphatic rings. The van der Waals surface area contributed by atoms with Crippen LogP contribution in [0, 0.1) is 0 Å². The highest BCUT2D eigenvalue weighted by Gasteiger charge is 2.36. The number of benzene rings is 1. The Hall–Kier alpha value is -2.15. The van der Waals surface area contributed by atoms with Gasteiger partial charge in [0.2, 0.25) is 5.91 Å². The van der Waals surface area contributed by atoms with Gasteiger partial charge in [-0.3, -0.25) is 14.4 Å². The van der Waals surface area contributed by atoms with Gasteiger partial charge in [-0.25, -0.2) is 4.79 Å². The summed E-state index contributed by atoms with van der Waals surface area (Å²) in [5, 5.41) is 8.20. The van der Waals surface area contributed by atoms with Crippen LogP contribution < -0.4 is 0 Å². The van der Waals surface area contributed by atoms with E-state index in [2.05, 4.69) is 0 Å². The monoisotopic (exact) mass is 389 g/mol. The number of rotatable bonds is 6. The van der Waals surface area contributed by atoms with Crippen molar-refractivity contribution in [2.75, 3.05) is 6.54 Å². The molecule has 1 amide bonds. The Morgan fingerprint density at radius 2 is 1.93 bits per heavy atom. The fourth-order valence-corrected chi connectivity index (χ4v) is 4.77. The van der Waals surface area contributed by atoms with Gasteiger partial charge in [0.15, 0.2) is 10.9 Å². The number of aryl methyl sites for hydroxylation is 2. The Balaban J connectivity index is 1.77. The Morgan fingerprint density at radius 3 is 2.63 bits per heavy atom. The second-order valence-electron chi connectivity index (χ2n) is 7.09. The predicted octanol–water partition coefficient (Wildman–Crippen LogP) is 2.47. The number of carbonyl (C=O) groups is 4. The molecule has 144 valence electrons. The van der Waals surface area contributed by atoms with Gasteiger partial charge in [0.05, 0.1) is 5.25 Å². The van der Waals surface area contributed by atoms with E-state index in [9.17, 15) is 24.3 Å². The molecule has 1 unspecified atom stereocenters. The lowest BCUT2D eigenvalue weighted by atomic mass is 10.0. The highest BCUT2D eigenvalue weighted by molar-refractivity contribution is 8.14. The van der Waals surface area contributed by atoms with E-state index in [1.807, 2.05) is 12.1 Å². The summed E-state index contributed by atoms with van der Waals surface area (Å²) in [7, 11) is 0. The van der Waals surface area contributed by atoms with Crippen LogP contribution in [0.15, 0.2) is 18.2 Å². The van der Waals surface area contributed by atoms with Crippen LogP contribution in [0.25, 0.3) is 0 Å². The normalized spacial score (nSPS) is 19.6. The topological polar surface area (TPSA) is 91.8 Å². The lowest BCUT2D eigenvalue weighted by Crippen LogP contribution is -2.42. The Labute approximate surface area is 162 Å². The highest BCUT2D eigenvalue weighted by atomic mass is 32.2. The number of carbonyl (C=O) groups excluding carboxylic acids is 3. The van der Waals surface area contributed by atoms with E-state index in [-0.39, 0.29) is 23.2 Å². The first-order chi connectivity index (χ1) is 12.9. The van der Waals surface area contributed by atoms with Gasteiger partial charge in [-0.05, 0) is 49.3 Å². The van der Waals surface area contributed by atoms with Gasteiger partial charge in [0.25, 0.3) is 0 Å². The molecule has 0 bridgehead atoms. The van der Waals surface area contributed by atoms with Crippen molar-refractivity contribution in [1.82, 2.24) is 4.90 Å². The van der Waals surface area contributed by atoms with Crippen molar-refractivity contribution in [1.29, 1.82) is 0 Å². The van der Waals surface area contributed by atoms with Gasteiger partial charge in [-0.15, -0.1) is 0 Å². The molecule has 27 heavy (non-hydrogen) atoms. The fourth-order valence-electron chi connectivity index (χ4n) is 3.90. The Kier molecular flexibility index (Phi) is 5.99. The van der Waals surface area contributed by atoms with Crippen molar-refractivity contribution in [2.45, 2.75) is 56.7 Å². The summed E-state index contributed by atoms with van der Waals surface area (Å²) < 4.78 is 0. The SMILES string of the molecule is CC(=O)SC(CC(=O)N1CCC[C@H]1C(=O)O)C(=O)c1ccc2c(c1)CCC2. The molecule has 1 aliphatic heterocycles. The predicted molar refractivity (Wildman–Crippen MR) is 102 cm³/mol. The van der Waals surface area contributed by atoms with Gasteiger partial charge in [0, 0.05) is 25.5 Å². The zero-order valence-electron chi connectivity index (χ0n) is 15.3. The molecule has 1 heterocycles. The maximum absolute atomic E-state index is 13.0. The van der Waals surface area contributed by atoms with E-state index in [0.717, 1.165) is 36.6 Å². The summed E-state index contributed by atoms with van der Waals surface area (Å²) in [6, 6.07) is 4.75. The molecule has 0 spiro atoms. The number of likely N-dealkylation sites (tertiary alicyclic amines) is 1. The van der Waals surface area contributed by atoms with Crippen LogP contribution in [0.2, 0.25) is 0 Å². The molecule has 0 aromatic heterocycles. The number of ketones is 1. The summed E-state index contributed by atoms with van der Waals surface area (Å²) in [6.45, 7) is 1.74. The molecule has 1 saturated heterocycles. The number of hydrogen-bond donors (Lipinski definition) is 1. The molecule has 1 aliphatic carbocycles. The molecular weight excluding hydrogens is 366 g/mol. The highest BCUT2D eigenvalue weighted by Crippen LogP contribution is 2.28. The molecule has 3 rings (SSSR count). The average Bonchev–Trinajstić information content (AvgIpc) is 3.28. The van der Waals surface area contributed by atoms with Crippen LogP contribution in [0.1, 0.15) is 54.1 Å². The van der Waals surface area contributed by atoms with Crippen LogP contribution in [-0.4, -0.2) is 50.6 Å². The van der Waals surface area contributed by atoms with Gasteiger partial charge in [0.1, 0.15) is 6.04 Å². The van der Waals surface area contributed by atoms with Crippen LogP contribution in [0.5, 0.6) is 0 Å². The Morgan fingerprint density at radius 1 is 1.19 bits per heavy atom. The van der Waals surface area contributed by atoms with E-state index in [4.69, 9.17) is 0 Å². The molecule has 1 aromatic rings. The number of fused-ring (bicyclic) bond motifs is 1. The summed E-state index contributed by atoms with van der Waals surface area (Å²) in [6.07, 6.45) is 3.91. The van der Waals surface area contributed by atoms with E-state index in [1.165, 1.54) is 17.4 Å². The number of aliphatic carboxylic acids is 1. The van der Waals surface area contributed by atoms with E-state index in [0.29, 0.717) is 24.9 Å². The van der Waals surface area contributed by atoms with Crippen molar-refractivity contribution in [3.63, 3.8) is 0 Å². The first-order valence-electron chi connectivity index (χ1n) is 9.22. The summed E-state index contributed by atoms with van der Waals surface area (Å²) >= 11 is 0.849. The molecule has 1 N–H and O–H groups in total. The van der Waals surface area contributed by atoms with E-state index in [1.54, 1.807) is 6.07 Å². The minimum absolute atomic E-state index is 0.163. The second-order valence-corrected chi connectivity index (χ2v) is 8.47. The second kappa shape index (κ2) is 8.25. The summed E-state index contributed by atoms with van der Waals surface area (Å²) in [4.78, 5) is 49.9. The van der Waals surface area contributed by atoms with Gasteiger partial charge in [-0.2, -0.15) is 0 Å². The summed E-state index contributed by atoms with van der Waals surface area (Å²) in [5.41, 5.74) is 2.92. The minimum atomic E-state index is -1.03. The largest absolute Gasteiger partial charge is 0.480 e. The molecule has 1 fully saturated rings. The molecule has 1 aromatic carbocycles. The van der Waals surface area contributed by atoms with Crippen LogP contribution in [-0.2, 0) is 27.2 Å². The first kappa shape index (κ1) is 19.6. The first-order valence-corrected chi connectivity index (χ1v) is 10.1. The number of carboxylic acids is 1. The number of nitrogens with zero attached hydrogens (tertiary/aromatic N) is 1. The number of hydrogen-bond acceptors (Lipinski definition) is 5. The van der Waals surface area contributed by atoms with E-state index < -0.39 is 17.3 Å². The molecule has 7 heteroatoms. The smallest absolute Gasteiger partial charge is 0.326 e. The number of amides is 1. The van der Waals surface area contributed by atoms with Crippen molar-refractivity contribution in [3.05, 3.63) is 34.9 Å². The van der Waals surface area contributed by atoms with Crippen LogP contribution in [0.4, 0.5) is 0 Å². The quantitative estimate of drug-likeness (QED) is 0.752. The standard InChI is InChI=1S/C20H23NO5S/c1-12(22)27-17(11-18(23)21-9-3-6-16(21)20(25)26)19(24)15-8-7-13-4-2-5-14(13)10-15/h7-8,10,16-17H,2-6,9,11H2,1H3,(H,25,26)/t16-,17?/m0/s1. The van der Waals surface area contributed by atoms with Crippen LogP contribution >= 0.6 is 11.8 Å². The molecule has 0 saturated carbocycles. The average molecular weight is 389 g/mol. The third-order valence-electron chi connectivity index (χ3n) is 5.20. The molecule has 2 atom stereocenters. The van der Waals surface area contributed by atoms with Gasteiger partial charge in [-0.1, -0.05) is 23.9 Å². The van der Waals surface area contributed by atoms with Gasteiger partial charge >= 0.3 is 5.97 Å². The maximum Gasteiger partial charge on any atom is 0.326 e. The molecular formula is C20H23NO5S. The van der Waals surface area contributed by atoms with Crippen LogP contribution in [0.3, 0.4) is 0 Å². The van der Waals surface area contributed by atoms with Crippen molar-refractivity contribution in [2.24, 2.45) is 0 Å². The van der Waals surface area contributed by atoms with Crippen molar-refractivity contribution >= 4 is 34.5 Å². The summed E-state index contributed by atoms with van der Waals surface area (Å²) in [5.74, 6) is -1.65. The third kappa shape index (κ3) is 4.40. The Bertz CT molecular complexity index is 791. The molecule has 6 nitrogen and oxygen atoms in total. The third-order valence-corrected chi connectivity index (χ3v) is 6.20. The molecule has 0 radical (unpaired) electrons. The number of thioether (sulfide) groups is 1. The number of Topliss-reactive ketones (excluding diaryl/α,β-unsaturated/α-hetero) is 1. The lowest BCUT2D eigenvalue weighted by molar-refractivity contribution is -0.148. The van der Waals surface area contributed by atoms with Gasteiger partial charge < -0.3 is 10.0 Å². The maximum atomic E-state index is 13.0. The van der Waals surface area contributed by atoms with E-state index >= 15 is 0 Å². The zero-order valence-corrected chi connectivity index (χ0v) is 16.1. The number of carboxylic acid groups (broad SMARTS) is 1. The zero-order chi connectivity index (χ0) is 19.6. The fraction of sp³-hybridized carbons (Fsp3) is 0.500. The van der Waals surface area contributed by atoms with Crippen molar-refractivity contribution < 1.29 is 24.3 Å².